The average Bonchev–Trinajstić information content (AvgIpc) is 2.44. The van der Waals surface area contributed by atoms with Gasteiger partial charge in [0.15, 0.2) is 0 Å². The number of nitrogens with zero attached hydrogens (tertiary/aromatic N) is 1. The summed E-state index contributed by atoms with van der Waals surface area (Å²) in [6.45, 7) is 1.91. The van der Waals surface area contributed by atoms with Gasteiger partial charge in [-0.2, -0.15) is 5.26 Å². The van der Waals surface area contributed by atoms with Gasteiger partial charge in [0.25, 0.3) is 5.91 Å². The molecule has 0 aliphatic heterocycles. The van der Waals surface area contributed by atoms with Crippen LogP contribution in [0, 0.1) is 18.3 Å². The molecule has 3 nitrogen and oxygen atoms in total. The van der Waals surface area contributed by atoms with Crippen LogP contribution < -0.4 is 5.32 Å². The normalized spacial score (nSPS) is 9.90. The molecule has 100 valence electrons. The molecule has 0 saturated heterocycles. The fraction of sp³-hybridized carbons (Fsp3) is 0.0667. The zero-order valence-corrected chi connectivity index (χ0v) is 12.9. The van der Waals surface area contributed by atoms with Gasteiger partial charge in [-0.25, -0.2) is 0 Å². The minimum absolute atomic E-state index is 0.257. The van der Waals surface area contributed by atoms with Gasteiger partial charge in [-0.1, -0.05) is 23.7 Å². The van der Waals surface area contributed by atoms with Gasteiger partial charge >= 0.3 is 0 Å². The first-order chi connectivity index (χ1) is 9.52. The fourth-order valence-electron chi connectivity index (χ4n) is 1.70. The second kappa shape index (κ2) is 6.08. The number of carbonyl (C=O) groups excluding carboxylic acids is 1. The second-order valence-electron chi connectivity index (χ2n) is 4.20. The molecule has 0 aromatic heterocycles. The van der Waals surface area contributed by atoms with Crippen molar-refractivity contribution in [1.29, 1.82) is 5.26 Å². The highest BCUT2D eigenvalue weighted by molar-refractivity contribution is 9.10. The quantitative estimate of drug-likeness (QED) is 0.865. The predicted octanol–water partition coefficient (Wildman–Crippen LogP) is 4.53. The topological polar surface area (TPSA) is 52.9 Å². The highest BCUT2D eigenvalue weighted by Crippen LogP contribution is 2.26. The molecule has 0 unspecified atom stereocenters. The SMILES string of the molecule is Cc1cccc(C(=O)Nc2ccc(C#N)cc2Cl)c1Br. The van der Waals surface area contributed by atoms with Crippen molar-refractivity contribution < 1.29 is 4.79 Å². The van der Waals surface area contributed by atoms with E-state index in [0.29, 0.717) is 21.8 Å². The Hall–Kier alpha value is -1.83. The third-order valence-electron chi connectivity index (χ3n) is 2.78. The van der Waals surface area contributed by atoms with Gasteiger partial charge in [0, 0.05) is 4.47 Å². The molecule has 2 aromatic rings. The molecule has 2 rings (SSSR count). The summed E-state index contributed by atoms with van der Waals surface area (Å²) in [5.41, 5.74) is 2.43. The number of nitriles is 1. The lowest BCUT2D eigenvalue weighted by Gasteiger charge is -2.10. The van der Waals surface area contributed by atoms with Gasteiger partial charge in [-0.05, 0) is 52.7 Å². The van der Waals surface area contributed by atoms with E-state index in [1.54, 1.807) is 18.2 Å². The first-order valence-corrected chi connectivity index (χ1v) is 6.96. The molecule has 20 heavy (non-hydrogen) atoms. The van der Waals surface area contributed by atoms with E-state index in [4.69, 9.17) is 16.9 Å². The van der Waals surface area contributed by atoms with Crippen LogP contribution in [0.1, 0.15) is 21.5 Å². The van der Waals surface area contributed by atoms with Gasteiger partial charge in [0.2, 0.25) is 0 Å². The van der Waals surface area contributed by atoms with Crippen LogP contribution in [0.15, 0.2) is 40.9 Å². The van der Waals surface area contributed by atoms with Crippen molar-refractivity contribution in [2.75, 3.05) is 5.32 Å². The number of hydrogen-bond acceptors (Lipinski definition) is 2. The summed E-state index contributed by atoms with van der Waals surface area (Å²) in [7, 11) is 0. The smallest absolute Gasteiger partial charge is 0.256 e. The van der Waals surface area contributed by atoms with Crippen molar-refractivity contribution in [3.8, 4) is 6.07 Å². The van der Waals surface area contributed by atoms with Crippen LogP contribution in [0.2, 0.25) is 5.02 Å². The number of rotatable bonds is 2. The Morgan fingerprint density at radius 2 is 2.10 bits per heavy atom. The molecular formula is C15H10BrClN2O. The third kappa shape index (κ3) is 3.01. The number of nitrogens with one attached hydrogen (secondary N) is 1. The van der Waals surface area contributed by atoms with E-state index in [-0.39, 0.29) is 5.91 Å². The number of aryl methyl sites for hydroxylation is 1. The van der Waals surface area contributed by atoms with Crippen LogP contribution in [0.4, 0.5) is 5.69 Å². The second-order valence-corrected chi connectivity index (χ2v) is 5.40. The van der Waals surface area contributed by atoms with Gasteiger partial charge < -0.3 is 5.32 Å². The van der Waals surface area contributed by atoms with Gasteiger partial charge in [0.1, 0.15) is 0 Å². The Labute approximate surface area is 130 Å². The third-order valence-corrected chi connectivity index (χ3v) is 4.15. The molecule has 0 aliphatic rings. The van der Waals surface area contributed by atoms with Crippen LogP contribution in [0.5, 0.6) is 0 Å². The Morgan fingerprint density at radius 1 is 1.35 bits per heavy atom. The molecular weight excluding hydrogens is 340 g/mol. The van der Waals surface area contributed by atoms with Crippen LogP contribution in [-0.4, -0.2) is 5.91 Å². The molecule has 0 aliphatic carbocycles. The summed E-state index contributed by atoms with van der Waals surface area (Å²) >= 11 is 9.43. The first kappa shape index (κ1) is 14.6. The van der Waals surface area contributed by atoms with Crippen molar-refractivity contribution in [2.24, 2.45) is 0 Å². The number of carbonyl (C=O) groups is 1. The summed E-state index contributed by atoms with van der Waals surface area (Å²) in [5, 5.41) is 11.8. The Morgan fingerprint density at radius 3 is 2.75 bits per heavy atom. The molecule has 0 radical (unpaired) electrons. The summed E-state index contributed by atoms with van der Waals surface area (Å²) in [5.74, 6) is -0.257. The number of anilines is 1. The number of halogens is 2. The molecule has 0 atom stereocenters. The van der Waals surface area contributed by atoms with E-state index < -0.39 is 0 Å². The molecule has 0 saturated carbocycles. The molecule has 5 heteroatoms. The number of hydrogen-bond donors (Lipinski definition) is 1. The molecule has 0 bridgehead atoms. The average molecular weight is 350 g/mol. The van der Waals surface area contributed by atoms with E-state index in [9.17, 15) is 4.79 Å². The molecule has 2 aromatic carbocycles. The zero-order chi connectivity index (χ0) is 14.7. The lowest BCUT2D eigenvalue weighted by atomic mass is 10.1. The maximum atomic E-state index is 12.2. The molecule has 0 spiro atoms. The predicted molar refractivity (Wildman–Crippen MR) is 83.0 cm³/mol. The van der Waals surface area contributed by atoms with Gasteiger partial charge in [-0.3, -0.25) is 4.79 Å². The Bertz CT molecular complexity index is 722. The first-order valence-electron chi connectivity index (χ1n) is 5.79. The van der Waals surface area contributed by atoms with E-state index in [1.807, 2.05) is 25.1 Å². The largest absolute Gasteiger partial charge is 0.321 e. The zero-order valence-electron chi connectivity index (χ0n) is 10.6. The molecule has 0 heterocycles. The minimum Gasteiger partial charge on any atom is -0.321 e. The maximum absolute atomic E-state index is 12.2. The Balaban J connectivity index is 2.29. The van der Waals surface area contributed by atoms with Crippen LogP contribution >= 0.6 is 27.5 Å². The lowest BCUT2D eigenvalue weighted by Crippen LogP contribution is -2.13. The Kier molecular flexibility index (Phi) is 4.43. The summed E-state index contributed by atoms with van der Waals surface area (Å²) in [6, 6.07) is 12.2. The van der Waals surface area contributed by atoms with E-state index in [2.05, 4.69) is 21.2 Å². The minimum atomic E-state index is -0.257. The lowest BCUT2D eigenvalue weighted by molar-refractivity contribution is 0.102. The van der Waals surface area contributed by atoms with Gasteiger partial charge in [0.05, 0.1) is 27.9 Å². The highest BCUT2D eigenvalue weighted by Gasteiger charge is 2.13. The van der Waals surface area contributed by atoms with Crippen molar-refractivity contribution >= 4 is 39.1 Å². The van der Waals surface area contributed by atoms with Crippen LogP contribution in [0.25, 0.3) is 0 Å². The number of amides is 1. The van der Waals surface area contributed by atoms with E-state index >= 15 is 0 Å². The van der Waals surface area contributed by atoms with Crippen molar-refractivity contribution in [3.63, 3.8) is 0 Å². The van der Waals surface area contributed by atoms with Gasteiger partial charge in [-0.15, -0.1) is 0 Å². The standard InChI is InChI=1S/C15H10BrClN2O/c1-9-3-2-4-11(14(9)16)15(20)19-13-6-5-10(8-18)7-12(13)17/h2-7H,1H3,(H,19,20). The fourth-order valence-corrected chi connectivity index (χ4v) is 2.37. The van der Waals surface area contributed by atoms with Crippen LogP contribution in [-0.2, 0) is 0 Å². The summed E-state index contributed by atoms with van der Waals surface area (Å²) < 4.78 is 0.752. The van der Waals surface area contributed by atoms with Crippen LogP contribution in [0.3, 0.4) is 0 Å². The maximum Gasteiger partial charge on any atom is 0.256 e. The van der Waals surface area contributed by atoms with E-state index in [1.165, 1.54) is 6.07 Å². The van der Waals surface area contributed by atoms with E-state index in [0.717, 1.165) is 10.0 Å². The highest BCUT2D eigenvalue weighted by atomic mass is 79.9. The monoisotopic (exact) mass is 348 g/mol. The van der Waals surface area contributed by atoms with Crippen molar-refractivity contribution in [2.45, 2.75) is 6.92 Å². The summed E-state index contributed by atoms with van der Waals surface area (Å²) in [6.07, 6.45) is 0. The van der Waals surface area contributed by atoms with Crippen molar-refractivity contribution in [1.82, 2.24) is 0 Å². The number of benzene rings is 2. The molecule has 1 amide bonds. The molecule has 1 N–H and O–H groups in total. The molecule has 0 fully saturated rings. The van der Waals surface area contributed by atoms with Crippen molar-refractivity contribution in [3.05, 3.63) is 62.6 Å². The summed E-state index contributed by atoms with van der Waals surface area (Å²) in [4.78, 5) is 12.2.